The molecule has 0 saturated carbocycles. The minimum Gasteiger partial charge on any atom is -0.495 e. The summed E-state index contributed by atoms with van der Waals surface area (Å²) < 4.78 is 5.38. The van der Waals surface area contributed by atoms with Gasteiger partial charge in [0, 0.05) is 12.6 Å². The summed E-state index contributed by atoms with van der Waals surface area (Å²) >= 11 is 0. The number of likely N-dealkylation sites (tertiary alicyclic amines) is 1. The number of para-hydroxylation sites is 2. The molecule has 1 aromatic rings. The average molecular weight is 248 g/mol. The van der Waals surface area contributed by atoms with Gasteiger partial charge in [-0.15, -0.1) is 0 Å². The number of rotatable bonds is 4. The van der Waals surface area contributed by atoms with Gasteiger partial charge in [-0.05, 0) is 51.4 Å². The topological polar surface area (TPSA) is 24.5 Å². The van der Waals surface area contributed by atoms with Crippen LogP contribution < -0.4 is 10.1 Å². The molecule has 3 nitrogen and oxygen atoms in total. The third kappa shape index (κ3) is 3.16. The van der Waals surface area contributed by atoms with Crippen molar-refractivity contribution < 1.29 is 4.74 Å². The molecule has 1 aromatic carbocycles. The van der Waals surface area contributed by atoms with E-state index in [4.69, 9.17) is 4.74 Å². The van der Waals surface area contributed by atoms with Crippen LogP contribution in [0.5, 0.6) is 5.75 Å². The van der Waals surface area contributed by atoms with Gasteiger partial charge in [-0.2, -0.15) is 0 Å². The summed E-state index contributed by atoms with van der Waals surface area (Å²) in [4.78, 5) is 2.43. The number of hydrogen-bond donors (Lipinski definition) is 1. The van der Waals surface area contributed by atoms with Crippen molar-refractivity contribution >= 4 is 5.69 Å². The zero-order valence-electron chi connectivity index (χ0n) is 11.6. The highest BCUT2D eigenvalue weighted by molar-refractivity contribution is 5.56. The van der Waals surface area contributed by atoms with E-state index < -0.39 is 0 Å². The van der Waals surface area contributed by atoms with Crippen LogP contribution in [-0.2, 0) is 0 Å². The Labute approximate surface area is 110 Å². The molecule has 18 heavy (non-hydrogen) atoms. The minimum absolute atomic E-state index is 0.476. The van der Waals surface area contributed by atoms with E-state index in [2.05, 4.69) is 30.3 Å². The Kier molecular flexibility index (Phi) is 4.48. The fourth-order valence-corrected chi connectivity index (χ4v) is 2.74. The van der Waals surface area contributed by atoms with Crippen LogP contribution >= 0.6 is 0 Å². The zero-order valence-corrected chi connectivity index (χ0v) is 11.6. The number of hydrogen-bond acceptors (Lipinski definition) is 3. The summed E-state index contributed by atoms with van der Waals surface area (Å²) in [5, 5.41) is 3.60. The van der Waals surface area contributed by atoms with Gasteiger partial charge in [0.2, 0.25) is 0 Å². The summed E-state index contributed by atoms with van der Waals surface area (Å²) in [6.45, 7) is 4.69. The molecule has 1 N–H and O–H groups in total. The molecule has 1 saturated heterocycles. The Morgan fingerprint density at radius 3 is 2.89 bits per heavy atom. The van der Waals surface area contributed by atoms with Crippen molar-refractivity contribution in [2.75, 3.05) is 32.6 Å². The summed E-state index contributed by atoms with van der Waals surface area (Å²) in [6.07, 6.45) is 2.62. The van der Waals surface area contributed by atoms with E-state index in [0.29, 0.717) is 12.0 Å². The van der Waals surface area contributed by atoms with Crippen molar-refractivity contribution in [2.24, 2.45) is 5.92 Å². The first kappa shape index (κ1) is 13.2. The van der Waals surface area contributed by atoms with Crippen LogP contribution in [0.15, 0.2) is 24.3 Å². The normalized spacial score (nSPS) is 22.5. The molecule has 2 rings (SSSR count). The molecule has 0 spiro atoms. The van der Waals surface area contributed by atoms with Crippen LogP contribution in [0.1, 0.15) is 19.8 Å². The Bertz CT molecular complexity index is 381. The SMILES string of the molecule is COc1ccccc1NC(C)C1CCCN(C)C1. The summed E-state index contributed by atoms with van der Waals surface area (Å²) in [7, 11) is 3.93. The van der Waals surface area contributed by atoms with Crippen LogP contribution in [0.3, 0.4) is 0 Å². The largest absolute Gasteiger partial charge is 0.495 e. The van der Waals surface area contributed by atoms with Gasteiger partial charge in [-0.1, -0.05) is 12.1 Å². The molecule has 3 heteroatoms. The quantitative estimate of drug-likeness (QED) is 0.886. The smallest absolute Gasteiger partial charge is 0.141 e. The second kappa shape index (κ2) is 6.10. The first-order chi connectivity index (χ1) is 8.70. The van der Waals surface area contributed by atoms with E-state index in [9.17, 15) is 0 Å². The maximum absolute atomic E-state index is 5.38. The second-order valence-electron chi connectivity index (χ2n) is 5.30. The Hall–Kier alpha value is -1.22. The van der Waals surface area contributed by atoms with Gasteiger partial charge in [0.05, 0.1) is 12.8 Å². The highest BCUT2D eigenvalue weighted by Gasteiger charge is 2.23. The molecule has 2 unspecified atom stereocenters. The molecule has 1 heterocycles. The number of nitrogens with zero attached hydrogens (tertiary/aromatic N) is 1. The standard InChI is InChI=1S/C15H24N2O/c1-12(13-7-6-10-17(2)11-13)16-14-8-4-5-9-15(14)18-3/h4-5,8-9,12-13,16H,6-7,10-11H2,1-3H3. The van der Waals surface area contributed by atoms with Crippen LogP contribution in [0.2, 0.25) is 0 Å². The molecule has 0 bridgehead atoms. The predicted octanol–water partition coefficient (Wildman–Crippen LogP) is 2.84. The predicted molar refractivity (Wildman–Crippen MR) is 76.3 cm³/mol. The number of ether oxygens (including phenoxy) is 1. The Morgan fingerprint density at radius 1 is 1.39 bits per heavy atom. The maximum atomic E-state index is 5.38. The third-order valence-electron chi connectivity index (χ3n) is 3.86. The number of piperidine rings is 1. The molecule has 2 atom stereocenters. The average Bonchev–Trinajstić information content (AvgIpc) is 2.39. The summed E-state index contributed by atoms with van der Waals surface area (Å²) in [5.74, 6) is 1.64. The Balaban J connectivity index is 1.99. The lowest BCUT2D eigenvalue weighted by Crippen LogP contribution is -2.39. The van der Waals surface area contributed by atoms with Crippen molar-refractivity contribution in [3.63, 3.8) is 0 Å². The molecular formula is C15H24N2O. The van der Waals surface area contributed by atoms with Crippen molar-refractivity contribution in [2.45, 2.75) is 25.8 Å². The molecular weight excluding hydrogens is 224 g/mol. The van der Waals surface area contributed by atoms with E-state index in [0.717, 1.165) is 11.4 Å². The van der Waals surface area contributed by atoms with E-state index in [1.807, 2.05) is 18.2 Å². The third-order valence-corrected chi connectivity index (χ3v) is 3.86. The molecule has 0 radical (unpaired) electrons. The van der Waals surface area contributed by atoms with Gasteiger partial charge < -0.3 is 15.0 Å². The lowest BCUT2D eigenvalue weighted by Gasteiger charge is -2.34. The molecule has 0 aliphatic carbocycles. The van der Waals surface area contributed by atoms with Crippen molar-refractivity contribution in [1.82, 2.24) is 4.90 Å². The molecule has 0 amide bonds. The van der Waals surface area contributed by atoms with Crippen molar-refractivity contribution in [3.05, 3.63) is 24.3 Å². The monoisotopic (exact) mass is 248 g/mol. The van der Waals surface area contributed by atoms with E-state index in [-0.39, 0.29) is 0 Å². The zero-order chi connectivity index (χ0) is 13.0. The minimum atomic E-state index is 0.476. The molecule has 1 aliphatic heterocycles. The first-order valence-electron chi connectivity index (χ1n) is 6.79. The van der Waals surface area contributed by atoms with Gasteiger partial charge in [0.25, 0.3) is 0 Å². The number of anilines is 1. The lowest BCUT2D eigenvalue weighted by molar-refractivity contribution is 0.197. The van der Waals surface area contributed by atoms with Crippen molar-refractivity contribution in [3.8, 4) is 5.75 Å². The molecule has 1 fully saturated rings. The lowest BCUT2D eigenvalue weighted by atomic mass is 9.91. The van der Waals surface area contributed by atoms with E-state index in [1.165, 1.54) is 25.9 Å². The molecule has 1 aliphatic rings. The van der Waals surface area contributed by atoms with Crippen LogP contribution in [-0.4, -0.2) is 38.2 Å². The summed E-state index contributed by atoms with van der Waals surface area (Å²) in [6, 6.07) is 8.61. The number of nitrogens with one attached hydrogen (secondary N) is 1. The van der Waals surface area contributed by atoms with Gasteiger partial charge in [-0.25, -0.2) is 0 Å². The first-order valence-corrected chi connectivity index (χ1v) is 6.79. The van der Waals surface area contributed by atoms with E-state index >= 15 is 0 Å². The second-order valence-corrected chi connectivity index (χ2v) is 5.30. The highest BCUT2D eigenvalue weighted by Crippen LogP contribution is 2.27. The van der Waals surface area contributed by atoms with Gasteiger partial charge in [0.1, 0.15) is 5.75 Å². The highest BCUT2D eigenvalue weighted by atomic mass is 16.5. The van der Waals surface area contributed by atoms with Crippen LogP contribution in [0.25, 0.3) is 0 Å². The molecule has 0 aromatic heterocycles. The number of benzene rings is 1. The van der Waals surface area contributed by atoms with Crippen molar-refractivity contribution in [1.29, 1.82) is 0 Å². The molecule has 100 valence electrons. The number of methoxy groups -OCH3 is 1. The maximum Gasteiger partial charge on any atom is 0.141 e. The summed E-state index contributed by atoms with van der Waals surface area (Å²) in [5.41, 5.74) is 1.10. The van der Waals surface area contributed by atoms with Gasteiger partial charge in [0.15, 0.2) is 0 Å². The fraction of sp³-hybridized carbons (Fsp3) is 0.600. The van der Waals surface area contributed by atoms with E-state index in [1.54, 1.807) is 7.11 Å². The fourth-order valence-electron chi connectivity index (χ4n) is 2.74. The van der Waals surface area contributed by atoms with Gasteiger partial charge >= 0.3 is 0 Å². The van der Waals surface area contributed by atoms with Gasteiger partial charge in [-0.3, -0.25) is 0 Å². The Morgan fingerprint density at radius 2 is 2.17 bits per heavy atom. The van der Waals surface area contributed by atoms with Crippen LogP contribution in [0, 0.1) is 5.92 Å². The van der Waals surface area contributed by atoms with Crippen LogP contribution in [0.4, 0.5) is 5.69 Å².